The molecule has 0 spiro atoms. The Balaban J connectivity index is 2.24. The van der Waals surface area contributed by atoms with Gasteiger partial charge in [0.15, 0.2) is 0 Å². The summed E-state index contributed by atoms with van der Waals surface area (Å²) in [5.74, 6) is 2.34. The van der Waals surface area contributed by atoms with Crippen molar-refractivity contribution in [3.8, 4) is 5.88 Å². The number of anilines is 1. The van der Waals surface area contributed by atoms with E-state index in [1.165, 1.54) is 6.42 Å². The van der Waals surface area contributed by atoms with Crippen LogP contribution in [0.5, 0.6) is 5.88 Å². The van der Waals surface area contributed by atoms with E-state index < -0.39 is 0 Å². The minimum absolute atomic E-state index is 0.364. The zero-order valence-electron chi connectivity index (χ0n) is 9.50. The van der Waals surface area contributed by atoms with Crippen LogP contribution in [0.15, 0.2) is 0 Å². The molecule has 0 amide bonds. The largest absolute Gasteiger partial charge is 0.474 e. The fourth-order valence-electron chi connectivity index (χ4n) is 1.61. The Bertz CT molecular complexity index is 361. The number of nitrogens with one attached hydrogen (secondary N) is 1. The Morgan fingerprint density at radius 3 is 2.53 bits per heavy atom. The van der Waals surface area contributed by atoms with Gasteiger partial charge < -0.3 is 10.1 Å². The van der Waals surface area contributed by atoms with Gasteiger partial charge in [0, 0.05) is 7.05 Å². The molecule has 1 N–H and O–H groups in total. The van der Waals surface area contributed by atoms with Crippen molar-refractivity contribution in [3.63, 3.8) is 0 Å². The van der Waals surface area contributed by atoms with E-state index >= 15 is 0 Å². The lowest BCUT2D eigenvalue weighted by Crippen LogP contribution is -2.25. The minimum atomic E-state index is 0.364. The molecule has 0 aliphatic heterocycles. The molecule has 0 unspecified atom stereocenters. The zero-order valence-corrected chi connectivity index (χ0v) is 9.50. The lowest BCUT2D eigenvalue weighted by atomic mass is 9.96. The molecule has 1 fully saturated rings. The lowest BCUT2D eigenvalue weighted by molar-refractivity contribution is 0.113. The van der Waals surface area contributed by atoms with Crippen molar-refractivity contribution < 1.29 is 4.74 Å². The van der Waals surface area contributed by atoms with Gasteiger partial charge in [-0.1, -0.05) is 0 Å². The molecule has 0 aromatic carbocycles. The van der Waals surface area contributed by atoms with Crippen LogP contribution in [0.3, 0.4) is 0 Å². The summed E-state index contributed by atoms with van der Waals surface area (Å²) in [6, 6.07) is 0. The maximum atomic E-state index is 5.81. The third-order valence-corrected chi connectivity index (χ3v) is 2.78. The third-order valence-electron chi connectivity index (χ3n) is 2.78. The van der Waals surface area contributed by atoms with Crippen molar-refractivity contribution in [2.75, 3.05) is 12.4 Å². The molecule has 1 aliphatic carbocycles. The molecule has 0 radical (unpaired) electrons. The first kappa shape index (κ1) is 10.2. The molecule has 2 rings (SSSR count). The van der Waals surface area contributed by atoms with Gasteiger partial charge in [-0.05, 0) is 33.1 Å². The number of aryl methyl sites for hydroxylation is 1. The number of ether oxygens (including phenoxy) is 1. The Labute approximate surface area is 90.1 Å². The topological polar surface area (TPSA) is 47.0 Å². The average Bonchev–Trinajstić information content (AvgIpc) is 2.16. The summed E-state index contributed by atoms with van der Waals surface area (Å²) in [5, 5.41) is 3.05. The normalized spacial score (nSPS) is 15.9. The van der Waals surface area contributed by atoms with Crippen molar-refractivity contribution in [2.45, 2.75) is 39.2 Å². The van der Waals surface area contributed by atoms with Crippen LogP contribution in [-0.4, -0.2) is 23.1 Å². The fourth-order valence-corrected chi connectivity index (χ4v) is 1.61. The van der Waals surface area contributed by atoms with Crippen LogP contribution in [0.4, 0.5) is 5.82 Å². The number of hydrogen-bond acceptors (Lipinski definition) is 4. The molecule has 1 saturated carbocycles. The van der Waals surface area contributed by atoms with Gasteiger partial charge in [0.25, 0.3) is 0 Å². The first-order valence-electron chi connectivity index (χ1n) is 5.40. The van der Waals surface area contributed by atoms with Crippen molar-refractivity contribution in [3.05, 3.63) is 11.4 Å². The van der Waals surface area contributed by atoms with E-state index in [4.69, 9.17) is 4.74 Å². The van der Waals surface area contributed by atoms with Crippen LogP contribution >= 0.6 is 0 Å². The highest BCUT2D eigenvalue weighted by Gasteiger charge is 2.21. The summed E-state index contributed by atoms with van der Waals surface area (Å²) in [5.41, 5.74) is 0.995. The molecule has 0 saturated heterocycles. The molecular formula is C11H17N3O. The average molecular weight is 207 g/mol. The summed E-state index contributed by atoms with van der Waals surface area (Å²) < 4.78 is 5.81. The maximum absolute atomic E-state index is 5.81. The zero-order chi connectivity index (χ0) is 10.8. The summed E-state index contributed by atoms with van der Waals surface area (Å²) in [7, 11) is 1.86. The smallest absolute Gasteiger partial charge is 0.222 e. The standard InChI is InChI=1S/C11H17N3O/c1-7-10(12-3)13-8(2)14-11(7)15-9-5-4-6-9/h9H,4-6H2,1-3H3,(H,12,13,14). The Hall–Kier alpha value is -1.32. The third kappa shape index (κ3) is 2.03. The molecule has 15 heavy (non-hydrogen) atoms. The van der Waals surface area contributed by atoms with E-state index in [2.05, 4.69) is 15.3 Å². The van der Waals surface area contributed by atoms with Gasteiger partial charge in [-0.15, -0.1) is 0 Å². The number of hydrogen-bond donors (Lipinski definition) is 1. The molecule has 82 valence electrons. The van der Waals surface area contributed by atoms with Gasteiger partial charge >= 0.3 is 0 Å². The predicted octanol–water partition coefficient (Wildman–Crippen LogP) is 2.07. The van der Waals surface area contributed by atoms with Gasteiger partial charge in [-0.3, -0.25) is 0 Å². The van der Waals surface area contributed by atoms with Crippen molar-refractivity contribution >= 4 is 5.82 Å². The molecule has 1 aromatic heterocycles. The van der Waals surface area contributed by atoms with Gasteiger partial charge in [-0.2, -0.15) is 4.98 Å². The van der Waals surface area contributed by atoms with E-state index in [-0.39, 0.29) is 0 Å². The summed E-state index contributed by atoms with van der Waals surface area (Å²) in [6.07, 6.45) is 3.93. The van der Waals surface area contributed by atoms with E-state index in [1.54, 1.807) is 0 Å². The van der Waals surface area contributed by atoms with E-state index in [1.807, 2.05) is 20.9 Å². The minimum Gasteiger partial charge on any atom is -0.474 e. The van der Waals surface area contributed by atoms with Crippen LogP contribution in [0.2, 0.25) is 0 Å². The molecule has 4 nitrogen and oxygen atoms in total. The van der Waals surface area contributed by atoms with E-state index in [0.29, 0.717) is 6.10 Å². The summed E-state index contributed by atoms with van der Waals surface area (Å²) in [6.45, 7) is 3.87. The highest BCUT2D eigenvalue weighted by Crippen LogP contribution is 2.28. The van der Waals surface area contributed by atoms with E-state index in [0.717, 1.165) is 35.9 Å². The quantitative estimate of drug-likeness (QED) is 0.824. The van der Waals surface area contributed by atoms with Crippen LogP contribution < -0.4 is 10.1 Å². The second-order valence-electron chi connectivity index (χ2n) is 3.97. The van der Waals surface area contributed by atoms with Gasteiger partial charge in [0.05, 0.1) is 5.56 Å². The lowest BCUT2D eigenvalue weighted by Gasteiger charge is -2.26. The van der Waals surface area contributed by atoms with Crippen molar-refractivity contribution in [1.29, 1.82) is 0 Å². The molecule has 0 bridgehead atoms. The fraction of sp³-hybridized carbons (Fsp3) is 0.636. The number of rotatable bonds is 3. The summed E-state index contributed by atoms with van der Waals surface area (Å²) in [4.78, 5) is 8.63. The molecule has 4 heteroatoms. The number of nitrogens with zero attached hydrogens (tertiary/aromatic N) is 2. The maximum Gasteiger partial charge on any atom is 0.222 e. The molecule has 1 aromatic rings. The molecule has 1 heterocycles. The monoisotopic (exact) mass is 207 g/mol. The number of aromatic nitrogens is 2. The summed E-state index contributed by atoms with van der Waals surface area (Å²) >= 11 is 0. The Morgan fingerprint density at radius 1 is 1.27 bits per heavy atom. The second kappa shape index (κ2) is 4.04. The SMILES string of the molecule is CNc1nc(C)nc(OC2CCC2)c1C. The predicted molar refractivity (Wildman–Crippen MR) is 59.3 cm³/mol. The van der Waals surface area contributed by atoms with Crippen LogP contribution in [0, 0.1) is 13.8 Å². The van der Waals surface area contributed by atoms with Gasteiger partial charge in [-0.25, -0.2) is 4.98 Å². The van der Waals surface area contributed by atoms with Crippen LogP contribution in [0.25, 0.3) is 0 Å². The van der Waals surface area contributed by atoms with Crippen LogP contribution in [0.1, 0.15) is 30.7 Å². The van der Waals surface area contributed by atoms with E-state index in [9.17, 15) is 0 Å². The molecule has 0 atom stereocenters. The van der Waals surface area contributed by atoms with Crippen molar-refractivity contribution in [2.24, 2.45) is 0 Å². The highest BCUT2D eigenvalue weighted by atomic mass is 16.5. The van der Waals surface area contributed by atoms with Gasteiger partial charge in [0.1, 0.15) is 17.7 Å². The second-order valence-corrected chi connectivity index (χ2v) is 3.97. The Morgan fingerprint density at radius 2 is 2.00 bits per heavy atom. The molecular weight excluding hydrogens is 190 g/mol. The van der Waals surface area contributed by atoms with Gasteiger partial charge in [0.2, 0.25) is 5.88 Å². The molecule has 1 aliphatic rings. The highest BCUT2D eigenvalue weighted by molar-refractivity contribution is 5.47. The van der Waals surface area contributed by atoms with Crippen LogP contribution in [-0.2, 0) is 0 Å². The first-order valence-corrected chi connectivity index (χ1v) is 5.40. The van der Waals surface area contributed by atoms with Crippen molar-refractivity contribution in [1.82, 2.24) is 9.97 Å². The Kier molecular flexibility index (Phi) is 2.75. The first-order chi connectivity index (χ1) is 7.20.